The highest BCUT2D eigenvalue weighted by Gasteiger charge is 2.36. The molecule has 50 heavy (non-hydrogen) atoms. The van der Waals surface area contributed by atoms with Gasteiger partial charge in [-0.2, -0.15) is 5.10 Å². The van der Waals surface area contributed by atoms with Gasteiger partial charge in [0.25, 0.3) is 5.91 Å². The zero-order valence-electron chi connectivity index (χ0n) is 29.9. The number of hydrogen-bond donors (Lipinski definition) is 5. The number of carbonyl (C=O) groups excluding carboxylic acids is 3. The molecular formula is C35H49N9O5Si. The van der Waals surface area contributed by atoms with Crippen molar-refractivity contribution in [3.8, 4) is 5.75 Å². The predicted molar refractivity (Wildman–Crippen MR) is 199 cm³/mol. The van der Waals surface area contributed by atoms with Gasteiger partial charge in [0.15, 0.2) is 8.32 Å². The number of amides is 3. The van der Waals surface area contributed by atoms with Crippen molar-refractivity contribution in [1.29, 1.82) is 0 Å². The Balaban J connectivity index is 1.49. The fourth-order valence-electron chi connectivity index (χ4n) is 4.99. The second kappa shape index (κ2) is 15.6. The molecule has 0 aliphatic rings. The Bertz CT molecular complexity index is 1910. The summed E-state index contributed by atoms with van der Waals surface area (Å²) in [5.74, 6) is -0.839. The number of anilines is 3. The topological polar surface area (TPSA) is 207 Å². The first kappa shape index (κ1) is 37.7. The zero-order valence-corrected chi connectivity index (χ0v) is 30.9. The lowest BCUT2D eigenvalue weighted by atomic mass is 10.1. The number of aryl methyl sites for hydroxylation is 2. The van der Waals surface area contributed by atoms with Gasteiger partial charge in [0.1, 0.15) is 17.1 Å². The SMILES string of the molecule is CCn1nc(C)cc1C(=O)Nc1nc2cc(C(N)=O)ccc2n1C/C=C/CNc1c(N)cc(C(N)=O)cc1OCCCO[Si](C)(C)C(C)(C)C. The van der Waals surface area contributed by atoms with Gasteiger partial charge >= 0.3 is 0 Å². The van der Waals surface area contributed by atoms with E-state index in [2.05, 4.69) is 54.6 Å². The largest absolute Gasteiger partial charge is 0.491 e. The van der Waals surface area contributed by atoms with Crippen LogP contribution in [0.1, 0.15) is 71.0 Å². The Kier molecular flexibility index (Phi) is 11.7. The number of nitrogens with zero attached hydrogens (tertiary/aromatic N) is 4. The molecule has 0 saturated heterocycles. The summed E-state index contributed by atoms with van der Waals surface area (Å²) in [6.07, 6.45) is 4.45. The van der Waals surface area contributed by atoms with Gasteiger partial charge in [0.2, 0.25) is 17.8 Å². The highest BCUT2D eigenvalue weighted by atomic mass is 28.4. The molecule has 0 bridgehead atoms. The summed E-state index contributed by atoms with van der Waals surface area (Å²) >= 11 is 0. The molecule has 0 radical (unpaired) electrons. The van der Waals surface area contributed by atoms with Crippen molar-refractivity contribution in [2.75, 3.05) is 36.1 Å². The van der Waals surface area contributed by atoms with E-state index in [4.69, 9.17) is 26.4 Å². The van der Waals surface area contributed by atoms with E-state index in [1.807, 2.05) is 30.6 Å². The first-order valence-electron chi connectivity index (χ1n) is 16.6. The molecule has 2 heterocycles. The Morgan fingerprint density at radius 1 is 1.00 bits per heavy atom. The summed E-state index contributed by atoms with van der Waals surface area (Å²) in [5, 5.41) is 10.7. The maximum absolute atomic E-state index is 13.3. The van der Waals surface area contributed by atoms with Crippen LogP contribution in [-0.2, 0) is 17.5 Å². The smallest absolute Gasteiger partial charge is 0.276 e. The maximum Gasteiger partial charge on any atom is 0.276 e. The van der Waals surface area contributed by atoms with Crippen LogP contribution < -0.4 is 32.6 Å². The highest BCUT2D eigenvalue weighted by Crippen LogP contribution is 2.37. The van der Waals surface area contributed by atoms with Crippen LogP contribution >= 0.6 is 0 Å². The number of rotatable bonds is 16. The summed E-state index contributed by atoms with van der Waals surface area (Å²) in [6, 6.07) is 9.76. The van der Waals surface area contributed by atoms with E-state index in [9.17, 15) is 14.4 Å². The van der Waals surface area contributed by atoms with Gasteiger partial charge in [-0.05, 0) is 68.4 Å². The van der Waals surface area contributed by atoms with E-state index in [1.165, 1.54) is 6.07 Å². The number of benzene rings is 2. The summed E-state index contributed by atoms with van der Waals surface area (Å²) in [5.41, 5.74) is 21.1. The van der Waals surface area contributed by atoms with E-state index in [1.54, 1.807) is 35.0 Å². The number of aromatic nitrogens is 4. The Hall–Kier alpha value is -5.15. The quantitative estimate of drug-likeness (QED) is 0.0457. The molecule has 4 aromatic rings. The van der Waals surface area contributed by atoms with Crippen molar-refractivity contribution in [2.24, 2.45) is 11.5 Å². The molecular weight excluding hydrogens is 655 g/mol. The minimum Gasteiger partial charge on any atom is -0.491 e. The number of hydrogen-bond acceptors (Lipinski definition) is 9. The molecule has 0 aliphatic carbocycles. The number of carbonyl (C=O) groups is 3. The van der Waals surface area contributed by atoms with Crippen molar-refractivity contribution < 1.29 is 23.5 Å². The second-order valence-corrected chi connectivity index (χ2v) is 18.3. The number of imidazole rings is 1. The molecule has 0 fully saturated rings. The molecule has 15 heteroatoms. The van der Waals surface area contributed by atoms with E-state index < -0.39 is 20.1 Å². The van der Waals surface area contributed by atoms with Crippen LogP contribution in [0.3, 0.4) is 0 Å². The average Bonchev–Trinajstić information content (AvgIpc) is 3.59. The second-order valence-electron chi connectivity index (χ2n) is 13.5. The number of nitrogens with two attached hydrogens (primary N) is 3. The minimum absolute atomic E-state index is 0.107. The first-order valence-corrected chi connectivity index (χ1v) is 19.5. The van der Waals surface area contributed by atoms with Gasteiger partial charge < -0.3 is 36.2 Å². The van der Waals surface area contributed by atoms with E-state index in [0.717, 1.165) is 5.69 Å². The molecule has 14 nitrogen and oxygen atoms in total. The van der Waals surface area contributed by atoms with Gasteiger partial charge in [0, 0.05) is 43.8 Å². The minimum atomic E-state index is -1.88. The first-order chi connectivity index (χ1) is 23.5. The predicted octanol–water partition coefficient (Wildman–Crippen LogP) is 5.05. The van der Waals surface area contributed by atoms with Crippen LogP contribution in [0.2, 0.25) is 18.1 Å². The van der Waals surface area contributed by atoms with Crippen LogP contribution in [-0.4, -0.2) is 65.1 Å². The van der Waals surface area contributed by atoms with Crippen molar-refractivity contribution >= 4 is 54.4 Å². The Labute approximate surface area is 293 Å². The number of primary amides is 2. The van der Waals surface area contributed by atoms with Gasteiger partial charge in [-0.1, -0.05) is 32.9 Å². The number of nitrogens with one attached hydrogen (secondary N) is 2. The van der Waals surface area contributed by atoms with Crippen LogP contribution in [0.15, 0.2) is 48.6 Å². The third kappa shape index (κ3) is 8.89. The highest BCUT2D eigenvalue weighted by molar-refractivity contribution is 6.74. The monoisotopic (exact) mass is 703 g/mol. The molecule has 268 valence electrons. The normalized spacial score (nSPS) is 12.1. The Morgan fingerprint density at radius 2 is 1.72 bits per heavy atom. The van der Waals surface area contributed by atoms with E-state index >= 15 is 0 Å². The fraction of sp³-hybridized carbons (Fsp3) is 0.400. The van der Waals surface area contributed by atoms with Gasteiger partial charge in [-0.25, -0.2) is 4.98 Å². The summed E-state index contributed by atoms with van der Waals surface area (Å²) in [6.45, 7) is 16.9. The third-order valence-corrected chi connectivity index (χ3v) is 13.3. The molecule has 4 rings (SSSR count). The zero-order chi connectivity index (χ0) is 36.8. The van der Waals surface area contributed by atoms with Crippen molar-refractivity contribution in [3.63, 3.8) is 0 Å². The third-order valence-electron chi connectivity index (χ3n) is 8.78. The maximum atomic E-state index is 13.3. The molecule has 2 aromatic heterocycles. The molecule has 0 aliphatic heterocycles. The number of fused-ring (bicyclic) bond motifs is 1. The van der Waals surface area contributed by atoms with Crippen LogP contribution in [0, 0.1) is 6.92 Å². The van der Waals surface area contributed by atoms with Crippen molar-refractivity contribution in [1.82, 2.24) is 19.3 Å². The number of nitrogen functional groups attached to an aromatic ring is 1. The molecule has 0 spiro atoms. The molecule has 0 unspecified atom stereocenters. The lowest BCUT2D eigenvalue weighted by Crippen LogP contribution is -2.41. The molecule has 3 amide bonds. The van der Waals surface area contributed by atoms with Crippen LogP contribution in [0.5, 0.6) is 5.75 Å². The van der Waals surface area contributed by atoms with Crippen molar-refractivity contribution in [3.05, 3.63) is 71.1 Å². The van der Waals surface area contributed by atoms with Gasteiger partial charge in [-0.15, -0.1) is 0 Å². The molecule has 2 aromatic carbocycles. The number of allylic oxidation sites excluding steroid dienone is 1. The summed E-state index contributed by atoms with van der Waals surface area (Å²) in [7, 11) is -1.88. The molecule has 8 N–H and O–H groups in total. The summed E-state index contributed by atoms with van der Waals surface area (Å²) in [4.78, 5) is 41.7. The van der Waals surface area contributed by atoms with Crippen LogP contribution in [0.4, 0.5) is 17.3 Å². The lowest BCUT2D eigenvalue weighted by Gasteiger charge is -2.36. The van der Waals surface area contributed by atoms with Crippen molar-refractivity contribution in [2.45, 2.75) is 72.3 Å². The summed E-state index contributed by atoms with van der Waals surface area (Å²) < 4.78 is 15.8. The Morgan fingerprint density at radius 3 is 2.38 bits per heavy atom. The van der Waals surface area contributed by atoms with Crippen LogP contribution in [0.25, 0.3) is 11.0 Å². The van der Waals surface area contributed by atoms with Gasteiger partial charge in [0.05, 0.1) is 29.0 Å². The lowest BCUT2D eigenvalue weighted by molar-refractivity contribution is 0.0991. The average molecular weight is 704 g/mol. The molecule has 0 saturated carbocycles. The van der Waals surface area contributed by atoms with E-state index in [-0.39, 0.29) is 16.5 Å². The number of ether oxygens (including phenoxy) is 1. The molecule has 0 atom stereocenters. The van der Waals surface area contributed by atoms with E-state index in [0.29, 0.717) is 84.6 Å². The fourth-order valence-corrected chi connectivity index (χ4v) is 6.08. The van der Waals surface area contributed by atoms with Gasteiger partial charge in [-0.3, -0.25) is 24.4 Å². The standard InChI is InChI=1S/C35H49N9O5Si/c1-8-44-28(18-22(2)42-44)33(47)41-34-40-26-20-23(31(37)45)12-13-27(26)43(34)15-10-9-14-39-30-25(36)19-24(32(38)46)21-29(30)48-16-11-17-49-50(6,7)35(3,4)5/h9-10,12-13,18-21,39H,8,11,14-17,36H2,1-7H3,(H2,37,45)(H2,38,46)(H,40,41,47)/b10-9+.